The largest absolute Gasteiger partial charge is 0.433 e. The molecule has 0 spiro atoms. The Morgan fingerprint density at radius 1 is 1.11 bits per heavy atom. The Balaban J connectivity index is 1.84. The van der Waals surface area contributed by atoms with Gasteiger partial charge in [0.05, 0.1) is 16.8 Å². The van der Waals surface area contributed by atoms with Gasteiger partial charge in [0, 0.05) is 5.69 Å². The Hall–Kier alpha value is -3.47. The molecule has 0 bridgehead atoms. The fourth-order valence-electron chi connectivity index (χ4n) is 2.23. The Bertz CT molecular complexity index is 959. The van der Waals surface area contributed by atoms with Crippen molar-refractivity contribution in [2.24, 2.45) is 0 Å². The third-order valence-corrected chi connectivity index (χ3v) is 3.57. The molecule has 0 saturated carbocycles. The first kappa shape index (κ1) is 18.3. The minimum Gasteiger partial charge on any atom is -0.433 e. The van der Waals surface area contributed by atoms with Crippen LogP contribution in [0.5, 0.6) is 6.08 Å². The summed E-state index contributed by atoms with van der Waals surface area (Å²) in [7, 11) is 0. The lowest BCUT2D eigenvalue weighted by Gasteiger charge is -2.11. The van der Waals surface area contributed by atoms with Gasteiger partial charge in [-0.25, -0.2) is 0 Å². The molecule has 1 unspecified atom stereocenters. The number of terminal acetylenes is 1. The van der Waals surface area contributed by atoms with Gasteiger partial charge in [0.15, 0.2) is 6.10 Å². The van der Waals surface area contributed by atoms with Crippen molar-refractivity contribution in [3.63, 3.8) is 0 Å². The summed E-state index contributed by atoms with van der Waals surface area (Å²) in [5.41, 5.74) is 0.903. The van der Waals surface area contributed by atoms with E-state index in [0.717, 1.165) is 12.1 Å². The highest BCUT2D eigenvalue weighted by atomic mass is 19.4. The number of alkyl halides is 3. The van der Waals surface area contributed by atoms with Crippen LogP contribution in [0.4, 0.5) is 24.5 Å². The highest BCUT2D eigenvalue weighted by Gasteiger charge is 2.30. The molecule has 3 rings (SSSR count). The summed E-state index contributed by atoms with van der Waals surface area (Å²) >= 11 is 0. The van der Waals surface area contributed by atoms with Crippen molar-refractivity contribution in [1.82, 2.24) is 10.2 Å². The molecular weight excluding hydrogens is 359 g/mol. The molecule has 1 atom stereocenters. The Kier molecular flexibility index (Phi) is 5.03. The highest BCUT2D eigenvalue weighted by molar-refractivity contribution is 5.76. The van der Waals surface area contributed by atoms with E-state index in [1.165, 1.54) is 12.1 Å². The van der Waals surface area contributed by atoms with Gasteiger partial charge < -0.3 is 14.5 Å². The maximum absolute atomic E-state index is 12.7. The van der Waals surface area contributed by atoms with Crippen LogP contribution < -0.4 is 10.1 Å². The normalized spacial score (nSPS) is 12.3. The number of anilines is 2. The van der Waals surface area contributed by atoms with E-state index >= 15 is 0 Å². The van der Waals surface area contributed by atoms with Crippen LogP contribution in [0.3, 0.4) is 0 Å². The minimum absolute atomic E-state index is 0.0696. The first-order chi connectivity index (χ1) is 12.9. The van der Waals surface area contributed by atoms with Gasteiger partial charge >= 0.3 is 12.3 Å². The van der Waals surface area contributed by atoms with Crippen molar-refractivity contribution in [2.75, 3.05) is 5.32 Å². The van der Waals surface area contributed by atoms with E-state index in [4.69, 9.17) is 15.6 Å². The quantitative estimate of drug-likeness (QED) is 0.645. The molecule has 0 aliphatic carbocycles. The maximum atomic E-state index is 12.7. The average molecular weight is 373 g/mol. The third-order valence-electron chi connectivity index (χ3n) is 3.57. The number of para-hydroxylation sites is 1. The van der Waals surface area contributed by atoms with Gasteiger partial charge in [-0.3, -0.25) is 0 Å². The van der Waals surface area contributed by atoms with Crippen molar-refractivity contribution in [3.8, 4) is 29.9 Å². The second-order valence-electron chi connectivity index (χ2n) is 5.55. The summed E-state index contributed by atoms with van der Waals surface area (Å²) in [6.07, 6.45) is 0.259. The predicted octanol–water partition coefficient (Wildman–Crippen LogP) is 4.90. The van der Waals surface area contributed by atoms with E-state index in [0.29, 0.717) is 16.9 Å². The van der Waals surface area contributed by atoms with E-state index in [1.54, 1.807) is 31.2 Å². The van der Waals surface area contributed by atoms with E-state index < -0.39 is 17.8 Å². The summed E-state index contributed by atoms with van der Waals surface area (Å²) in [6, 6.07) is 11.7. The second-order valence-corrected chi connectivity index (χ2v) is 5.55. The van der Waals surface area contributed by atoms with Crippen LogP contribution in [0.25, 0.3) is 11.5 Å². The van der Waals surface area contributed by atoms with E-state index in [2.05, 4.69) is 21.4 Å². The Morgan fingerprint density at radius 2 is 1.81 bits per heavy atom. The van der Waals surface area contributed by atoms with Crippen LogP contribution in [0.15, 0.2) is 52.9 Å². The molecule has 0 aliphatic rings. The van der Waals surface area contributed by atoms with E-state index in [9.17, 15) is 13.2 Å². The average Bonchev–Trinajstić information content (AvgIpc) is 3.10. The van der Waals surface area contributed by atoms with Gasteiger partial charge in [0.25, 0.3) is 5.89 Å². The summed E-state index contributed by atoms with van der Waals surface area (Å²) in [6.45, 7) is 1.66. The van der Waals surface area contributed by atoms with Crippen LogP contribution in [-0.2, 0) is 6.18 Å². The molecule has 0 amide bonds. The smallest absolute Gasteiger partial charge is 0.416 e. The van der Waals surface area contributed by atoms with Gasteiger partial charge in [-0.2, -0.15) is 13.2 Å². The third kappa shape index (κ3) is 4.39. The molecule has 2 aromatic carbocycles. The standard InChI is InChI=1S/C19H14F3N3O2/c1-3-12(2)26-18-25-24-17(27-18)15-6-4-5-7-16(15)23-14-10-8-13(9-11-14)19(20,21)22/h1,4-12,23H,2H3. The molecule has 0 radical (unpaired) electrons. The van der Waals surface area contributed by atoms with Crippen molar-refractivity contribution < 1.29 is 22.3 Å². The molecule has 0 saturated heterocycles. The molecule has 0 fully saturated rings. The zero-order valence-corrected chi connectivity index (χ0v) is 14.1. The second kappa shape index (κ2) is 7.41. The van der Waals surface area contributed by atoms with Crippen molar-refractivity contribution in [2.45, 2.75) is 19.2 Å². The summed E-state index contributed by atoms with van der Waals surface area (Å²) in [4.78, 5) is 0. The summed E-state index contributed by atoms with van der Waals surface area (Å²) in [5.74, 6) is 2.56. The van der Waals surface area contributed by atoms with Gasteiger partial charge in [0.2, 0.25) is 0 Å². The first-order valence-electron chi connectivity index (χ1n) is 7.87. The number of rotatable bonds is 5. The van der Waals surface area contributed by atoms with Gasteiger partial charge in [0.1, 0.15) is 0 Å². The lowest BCUT2D eigenvalue weighted by Crippen LogP contribution is -2.08. The maximum Gasteiger partial charge on any atom is 0.416 e. The number of halogens is 3. The van der Waals surface area contributed by atoms with Crippen molar-refractivity contribution in [1.29, 1.82) is 0 Å². The Labute approximate surface area is 153 Å². The fraction of sp³-hybridized carbons (Fsp3) is 0.158. The number of nitrogens with zero attached hydrogens (tertiary/aromatic N) is 2. The van der Waals surface area contributed by atoms with E-state index in [1.807, 2.05) is 0 Å². The number of benzene rings is 2. The minimum atomic E-state index is -4.38. The lowest BCUT2D eigenvalue weighted by molar-refractivity contribution is -0.137. The highest BCUT2D eigenvalue weighted by Crippen LogP contribution is 2.33. The zero-order valence-electron chi connectivity index (χ0n) is 14.1. The molecule has 0 aliphatic heterocycles. The lowest BCUT2D eigenvalue weighted by atomic mass is 10.1. The number of ether oxygens (including phenoxy) is 1. The molecule has 1 N–H and O–H groups in total. The molecule has 138 valence electrons. The molecular formula is C19H14F3N3O2. The van der Waals surface area contributed by atoms with Gasteiger partial charge in [-0.15, -0.1) is 11.5 Å². The summed E-state index contributed by atoms with van der Waals surface area (Å²) in [5, 5.41) is 10.7. The predicted molar refractivity (Wildman–Crippen MR) is 93.4 cm³/mol. The number of nitrogens with one attached hydrogen (secondary N) is 1. The zero-order chi connectivity index (χ0) is 19.4. The van der Waals surface area contributed by atoms with Crippen LogP contribution in [0, 0.1) is 12.3 Å². The number of hydrogen-bond donors (Lipinski definition) is 1. The first-order valence-corrected chi connectivity index (χ1v) is 7.87. The van der Waals surface area contributed by atoms with Crippen LogP contribution >= 0.6 is 0 Å². The summed E-state index contributed by atoms with van der Waals surface area (Å²) < 4.78 is 48.8. The van der Waals surface area contributed by atoms with Crippen LogP contribution in [0.2, 0.25) is 0 Å². The molecule has 3 aromatic rings. The van der Waals surface area contributed by atoms with Gasteiger partial charge in [-0.1, -0.05) is 23.2 Å². The van der Waals surface area contributed by atoms with Crippen molar-refractivity contribution in [3.05, 3.63) is 54.1 Å². The fourth-order valence-corrected chi connectivity index (χ4v) is 2.23. The number of aromatic nitrogens is 2. The molecule has 5 nitrogen and oxygen atoms in total. The Morgan fingerprint density at radius 3 is 2.48 bits per heavy atom. The SMILES string of the molecule is C#CC(C)Oc1nnc(-c2ccccc2Nc2ccc(C(F)(F)F)cc2)o1. The van der Waals surface area contributed by atoms with Crippen molar-refractivity contribution >= 4 is 11.4 Å². The van der Waals surface area contributed by atoms with Crippen LogP contribution in [-0.4, -0.2) is 16.3 Å². The van der Waals surface area contributed by atoms with Crippen LogP contribution in [0.1, 0.15) is 12.5 Å². The number of hydrogen-bond acceptors (Lipinski definition) is 5. The molecule has 1 heterocycles. The molecule has 8 heteroatoms. The van der Waals surface area contributed by atoms with E-state index in [-0.39, 0.29) is 12.0 Å². The van der Waals surface area contributed by atoms with Gasteiger partial charge in [-0.05, 0) is 43.3 Å². The monoisotopic (exact) mass is 373 g/mol. The molecule has 27 heavy (non-hydrogen) atoms. The molecule has 1 aromatic heterocycles. The topological polar surface area (TPSA) is 60.2 Å².